The van der Waals surface area contributed by atoms with E-state index >= 15 is 0 Å². The Labute approximate surface area is 197 Å². The summed E-state index contributed by atoms with van der Waals surface area (Å²) in [4.78, 5) is 45.8. The number of hydrogen-bond donors (Lipinski definition) is 1. The van der Waals surface area contributed by atoms with Crippen molar-refractivity contribution in [2.45, 2.75) is 69.7 Å². The number of unbranched alkanes of at least 4 members (excludes halogenated alkanes) is 2. The predicted molar refractivity (Wildman–Crippen MR) is 125 cm³/mol. The van der Waals surface area contributed by atoms with Crippen molar-refractivity contribution in [2.24, 2.45) is 11.8 Å². The van der Waals surface area contributed by atoms with Gasteiger partial charge < -0.3 is 24.5 Å². The summed E-state index contributed by atoms with van der Waals surface area (Å²) in [5, 5.41) is 9.93. The van der Waals surface area contributed by atoms with Crippen molar-refractivity contribution in [1.29, 1.82) is 0 Å². The van der Waals surface area contributed by atoms with Crippen molar-refractivity contribution in [3.05, 3.63) is 25.3 Å². The molecule has 1 N–H and O–H groups in total. The van der Waals surface area contributed by atoms with Gasteiger partial charge in [0, 0.05) is 26.7 Å². The molecular weight excluding hydrogens is 422 g/mol. The topological polar surface area (TPSA) is 90.4 Å². The lowest BCUT2D eigenvalue weighted by atomic mass is 9.70. The van der Waals surface area contributed by atoms with E-state index in [2.05, 4.69) is 20.1 Å². The fourth-order valence-corrected chi connectivity index (χ4v) is 5.93. The Kier molecular flexibility index (Phi) is 8.00. The van der Waals surface area contributed by atoms with E-state index in [-0.39, 0.29) is 30.4 Å². The number of likely N-dealkylation sites (tertiary alicyclic amines) is 1. The lowest BCUT2D eigenvalue weighted by Crippen LogP contribution is -2.58. The summed E-state index contributed by atoms with van der Waals surface area (Å²) in [7, 11) is 1.69. The zero-order chi connectivity index (χ0) is 24.3. The molecule has 8 nitrogen and oxygen atoms in total. The number of ether oxygens (including phenoxy) is 1. The molecule has 33 heavy (non-hydrogen) atoms. The fourth-order valence-electron chi connectivity index (χ4n) is 5.93. The van der Waals surface area contributed by atoms with Gasteiger partial charge in [-0.3, -0.25) is 14.4 Å². The molecular formula is C25H39N3O5. The highest BCUT2D eigenvalue weighted by Gasteiger charge is 2.75. The van der Waals surface area contributed by atoms with E-state index in [0.717, 1.165) is 19.3 Å². The van der Waals surface area contributed by atoms with Gasteiger partial charge in [0.25, 0.3) is 0 Å². The molecule has 1 spiro atoms. The van der Waals surface area contributed by atoms with Crippen LogP contribution in [0.25, 0.3) is 0 Å². The molecule has 0 saturated carbocycles. The smallest absolute Gasteiger partial charge is 0.248 e. The molecule has 8 heteroatoms. The summed E-state index contributed by atoms with van der Waals surface area (Å²) in [6, 6.07) is -1.41. The number of carbonyl (C=O) groups is 3. The zero-order valence-electron chi connectivity index (χ0n) is 20.2. The average Bonchev–Trinajstić information content (AvgIpc) is 3.44. The molecule has 0 aromatic rings. The molecule has 0 aromatic heterocycles. The Morgan fingerprint density at radius 1 is 1.27 bits per heavy atom. The minimum atomic E-state index is -1.04. The number of aliphatic hydroxyl groups is 1. The summed E-state index contributed by atoms with van der Waals surface area (Å²) in [6.07, 6.45) is 7.03. The molecule has 0 aliphatic carbocycles. The highest BCUT2D eigenvalue weighted by molar-refractivity contribution is 5.99. The van der Waals surface area contributed by atoms with Gasteiger partial charge in [-0.2, -0.15) is 0 Å². The number of rotatable bonds is 12. The van der Waals surface area contributed by atoms with Gasteiger partial charge in [-0.25, -0.2) is 0 Å². The first kappa shape index (κ1) is 25.4. The number of nitrogens with zero attached hydrogens (tertiary/aromatic N) is 3. The van der Waals surface area contributed by atoms with Crippen LogP contribution in [-0.4, -0.2) is 94.6 Å². The van der Waals surface area contributed by atoms with Gasteiger partial charge in [0.15, 0.2) is 0 Å². The molecule has 3 aliphatic rings. The molecule has 2 unspecified atom stereocenters. The van der Waals surface area contributed by atoms with Gasteiger partial charge in [-0.15, -0.1) is 13.2 Å². The molecule has 184 valence electrons. The lowest BCUT2D eigenvalue weighted by Gasteiger charge is -2.38. The quantitative estimate of drug-likeness (QED) is 0.352. The highest BCUT2D eigenvalue weighted by atomic mass is 16.5. The van der Waals surface area contributed by atoms with Crippen LogP contribution >= 0.6 is 0 Å². The largest absolute Gasteiger partial charge is 0.394 e. The summed E-state index contributed by atoms with van der Waals surface area (Å²) in [6.45, 7) is 12.4. The first-order valence-corrected chi connectivity index (χ1v) is 12.1. The second kappa shape index (κ2) is 10.4. The van der Waals surface area contributed by atoms with Crippen LogP contribution in [-0.2, 0) is 19.1 Å². The molecule has 3 aliphatic heterocycles. The monoisotopic (exact) mass is 461 g/mol. The van der Waals surface area contributed by atoms with Crippen LogP contribution < -0.4 is 0 Å². The number of hydrogen-bond acceptors (Lipinski definition) is 5. The summed E-state index contributed by atoms with van der Waals surface area (Å²) in [5.41, 5.74) is -1.04. The molecule has 3 heterocycles. The average molecular weight is 462 g/mol. The van der Waals surface area contributed by atoms with E-state index in [1.165, 1.54) is 4.90 Å². The Morgan fingerprint density at radius 3 is 2.58 bits per heavy atom. The molecule has 0 radical (unpaired) electrons. The third kappa shape index (κ3) is 4.23. The zero-order valence-corrected chi connectivity index (χ0v) is 20.2. The molecule has 3 saturated heterocycles. The predicted octanol–water partition coefficient (Wildman–Crippen LogP) is 1.59. The van der Waals surface area contributed by atoms with Crippen LogP contribution in [0.4, 0.5) is 0 Å². The van der Waals surface area contributed by atoms with Crippen molar-refractivity contribution >= 4 is 17.7 Å². The maximum absolute atomic E-state index is 14.0. The Balaban J connectivity index is 2.00. The molecule has 3 rings (SSSR count). The Hall–Kier alpha value is -2.19. The number of aliphatic hydroxyl groups excluding tert-OH is 1. The first-order valence-electron chi connectivity index (χ1n) is 12.1. The molecule has 6 atom stereocenters. The van der Waals surface area contributed by atoms with E-state index in [9.17, 15) is 19.5 Å². The molecule has 2 bridgehead atoms. The van der Waals surface area contributed by atoms with Gasteiger partial charge in [-0.05, 0) is 26.2 Å². The maximum atomic E-state index is 14.0. The van der Waals surface area contributed by atoms with Crippen molar-refractivity contribution in [2.75, 3.05) is 33.3 Å². The van der Waals surface area contributed by atoms with Gasteiger partial charge in [0.2, 0.25) is 17.7 Å². The fraction of sp³-hybridized carbons (Fsp3) is 0.720. The van der Waals surface area contributed by atoms with E-state index in [4.69, 9.17) is 4.74 Å². The van der Waals surface area contributed by atoms with Crippen LogP contribution in [0, 0.1) is 11.8 Å². The van der Waals surface area contributed by atoms with Gasteiger partial charge in [0.1, 0.15) is 11.6 Å². The normalized spacial score (nSPS) is 30.8. The van der Waals surface area contributed by atoms with Crippen molar-refractivity contribution < 1.29 is 24.2 Å². The Morgan fingerprint density at radius 2 is 1.97 bits per heavy atom. The molecule has 3 amide bonds. The number of fused-ring (bicyclic) bond motifs is 1. The minimum Gasteiger partial charge on any atom is -0.394 e. The van der Waals surface area contributed by atoms with Crippen LogP contribution in [0.1, 0.15) is 46.0 Å². The third-order valence-corrected chi connectivity index (χ3v) is 7.47. The van der Waals surface area contributed by atoms with Crippen LogP contribution in [0.5, 0.6) is 0 Å². The minimum absolute atomic E-state index is 0.157. The number of carbonyl (C=O) groups excluding carboxylic acids is 3. The Bertz CT molecular complexity index is 786. The highest BCUT2D eigenvalue weighted by Crippen LogP contribution is 2.59. The summed E-state index contributed by atoms with van der Waals surface area (Å²) >= 11 is 0. The second-order valence-corrected chi connectivity index (χ2v) is 9.62. The van der Waals surface area contributed by atoms with Crippen LogP contribution in [0.15, 0.2) is 25.3 Å². The maximum Gasteiger partial charge on any atom is 0.248 e. The van der Waals surface area contributed by atoms with Gasteiger partial charge in [0.05, 0.1) is 30.6 Å². The van der Waals surface area contributed by atoms with Crippen molar-refractivity contribution in [3.63, 3.8) is 0 Å². The van der Waals surface area contributed by atoms with Crippen LogP contribution in [0.3, 0.4) is 0 Å². The van der Waals surface area contributed by atoms with Gasteiger partial charge in [-0.1, -0.05) is 31.9 Å². The molecule has 0 aromatic carbocycles. The number of amides is 3. The standard InChI is InChI=1S/C25H39N3O5/c1-6-9-10-15-27(14-8-3)24(32)21-25-12-11-18(33-25)19(22(30)26(5)13-7-2)20(25)23(31)28(21)17(4)16-29/h7-8,17-21,29H,2-3,6,9-16H2,1,4-5H3/t17-,18+,19-,20+,21?,25?/m1/s1. The van der Waals surface area contributed by atoms with E-state index in [1.54, 1.807) is 35.9 Å². The SMILES string of the molecule is C=CCN(C)C(=O)[C@@H]1[C@@H]2CCC3(O2)C(C(=O)N(CC=C)CCCCC)N([C@H](C)CO)C(=O)[C@H]13. The second-order valence-electron chi connectivity index (χ2n) is 9.62. The number of likely N-dealkylation sites (N-methyl/N-ethyl adjacent to an activating group) is 1. The lowest BCUT2D eigenvalue weighted by molar-refractivity contribution is -0.151. The summed E-state index contributed by atoms with van der Waals surface area (Å²) in [5.74, 6) is -1.96. The van der Waals surface area contributed by atoms with Crippen molar-refractivity contribution in [3.8, 4) is 0 Å². The van der Waals surface area contributed by atoms with Crippen molar-refractivity contribution in [1.82, 2.24) is 14.7 Å². The van der Waals surface area contributed by atoms with E-state index in [0.29, 0.717) is 32.5 Å². The van der Waals surface area contributed by atoms with E-state index < -0.39 is 29.5 Å². The summed E-state index contributed by atoms with van der Waals surface area (Å²) < 4.78 is 6.44. The van der Waals surface area contributed by atoms with Crippen LogP contribution in [0.2, 0.25) is 0 Å². The third-order valence-electron chi connectivity index (χ3n) is 7.47. The first-order chi connectivity index (χ1) is 15.8. The van der Waals surface area contributed by atoms with E-state index in [1.807, 2.05) is 0 Å². The van der Waals surface area contributed by atoms with Gasteiger partial charge >= 0.3 is 0 Å². The molecule has 3 fully saturated rings.